The maximum atomic E-state index is 12.5. The van der Waals surface area contributed by atoms with Gasteiger partial charge in [0, 0.05) is 18.8 Å². The van der Waals surface area contributed by atoms with Gasteiger partial charge in [0.1, 0.15) is 12.2 Å². The Balaban J connectivity index is 2.13. The standard InChI is InChI=1S/C14H19ClN2O3/c1-3-16(9-13(18)20-4-2)14(19)12-7-10(15)8-17(12)11-5-6-11/h7-8,11H,3-6,9H2,1-2H3. The van der Waals surface area contributed by atoms with Crippen molar-refractivity contribution < 1.29 is 14.3 Å². The summed E-state index contributed by atoms with van der Waals surface area (Å²) in [6.45, 7) is 4.31. The molecule has 6 heteroatoms. The number of amides is 1. The SMILES string of the molecule is CCOC(=O)CN(CC)C(=O)c1cc(Cl)cn1C1CC1. The fraction of sp³-hybridized carbons (Fsp3) is 0.571. The van der Waals surface area contributed by atoms with Crippen molar-refractivity contribution in [3.05, 3.63) is 23.0 Å². The number of halogens is 1. The van der Waals surface area contributed by atoms with Crippen molar-refractivity contribution in [2.75, 3.05) is 19.7 Å². The number of esters is 1. The van der Waals surface area contributed by atoms with E-state index in [1.807, 2.05) is 11.5 Å². The number of rotatable bonds is 6. The predicted octanol–water partition coefficient (Wildman–Crippen LogP) is 2.50. The molecule has 1 aliphatic rings. The van der Waals surface area contributed by atoms with Crippen molar-refractivity contribution in [3.8, 4) is 0 Å². The van der Waals surface area contributed by atoms with Gasteiger partial charge in [0.25, 0.3) is 5.91 Å². The smallest absolute Gasteiger partial charge is 0.325 e. The Morgan fingerprint density at radius 1 is 1.45 bits per heavy atom. The van der Waals surface area contributed by atoms with Gasteiger partial charge in [-0.1, -0.05) is 11.6 Å². The minimum absolute atomic E-state index is 0.0311. The molecule has 0 aromatic carbocycles. The molecule has 0 spiro atoms. The summed E-state index contributed by atoms with van der Waals surface area (Å²) in [4.78, 5) is 25.5. The highest BCUT2D eigenvalue weighted by Gasteiger charge is 2.29. The number of likely N-dealkylation sites (N-methyl/N-ethyl adjacent to an activating group) is 1. The van der Waals surface area contributed by atoms with Crippen LogP contribution in [0.1, 0.15) is 43.2 Å². The molecule has 1 heterocycles. The van der Waals surface area contributed by atoms with E-state index < -0.39 is 5.97 Å². The van der Waals surface area contributed by atoms with Crippen LogP contribution in [-0.2, 0) is 9.53 Å². The van der Waals surface area contributed by atoms with Crippen LogP contribution in [0.4, 0.5) is 0 Å². The van der Waals surface area contributed by atoms with Crippen LogP contribution in [-0.4, -0.2) is 41.0 Å². The van der Waals surface area contributed by atoms with Crippen LogP contribution in [0.25, 0.3) is 0 Å². The molecule has 0 saturated heterocycles. The predicted molar refractivity (Wildman–Crippen MR) is 75.9 cm³/mol. The van der Waals surface area contributed by atoms with Crippen LogP contribution < -0.4 is 0 Å². The van der Waals surface area contributed by atoms with Gasteiger partial charge in [-0.15, -0.1) is 0 Å². The molecule has 1 amide bonds. The summed E-state index contributed by atoms with van der Waals surface area (Å²) >= 11 is 6.00. The Morgan fingerprint density at radius 2 is 2.15 bits per heavy atom. The first-order chi connectivity index (χ1) is 9.56. The lowest BCUT2D eigenvalue weighted by Gasteiger charge is -2.20. The van der Waals surface area contributed by atoms with Gasteiger partial charge in [0.15, 0.2) is 0 Å². The Hall–Kier alpha value is -1.49. The highest BCUT2D eigenvalue weighted by molar-refractivity contribution is 6.31. The number of carbonyl (C=O) groups is 2. The number of aromatic nitrogens is 1. The molecule has 1 aromatic rings. The van der Waals surface area contributed by atoms with Crippen molar-refractivity contribution >= 4 is 23.5 Å². The molecule has 2 rings (SSSR count). The highest BCUT2D eigenvalue weighted by Crippen LogP contribution is 2.37. The normalized spacial score (nSPS) is 14.2. The van der Waals surface area contributed by atoms with E-state index >= 15 is 0 Å². The third-order valence-corrected chi connectivity index (χ3v) is 3.48. The minimum atomic E-state index is -0.390. The molecule has 0 aliphatic heterocycles. The molecule has 1 saturated carbocycles. The third kappa shape index (κ3) is 3.33. The summed E-state index contributed by atoms with van der Waals surface area (Å²) in [5, 5.41) is 0.549. The highest BCUT2D eigenvalue weighted by atomic mass is 35.5. The van der Waals surface area contributed by atoms with Crippen LogP contribution in [0.15, 0.2) is 12.3 Å². The number of nitrogens with zero attached hydrogens (tertiary/aromatic N) is 2. The van der Waals surface area contributed by atoms with E-state index in [1.54, 1.807) is 19.2 Å². The molecule has 20 heavy (non-hydrogen) atoms. The van der Waals surface area contributed by atoms with E-state index in [2.05, 4.69) is 0 Å². The molecule has 110 valence electrons. The van der Waals surface area contributed by atoms with Gasteiger partial charge in [-0.05, 0) is 32.8 Å². The molecule has 0 atom stereocenters. The van der Waals surface area contributed by atoms with Crippen molar-refractivity contribution in [2.24, 2.45) is 0 Å². The Labute approximate surface area is 123 Å². The summed E-state index contributed by atoms with van der Waals surface area (Å²) in [5.41, 5.74) is 0.545. The molecular weight excluding hydrogens is 280 g/mol. The first-order valence-electron chi connectivity index (χ1n) is 6.89. The lowest BCUT2D eigenvalue weighted by molar-refractivity contribution is -0.143. The van der Waals surface area contributed by atoms with Crippen molar-refractivity contribution in [3.63, 3.8) is 0 Å². The van der Waals surface area contributed by atoms with E-state index in [0.29, 0.717) is 29.9 Å². The molecular formula is C14H19ClN2O3. The average molecular weight is 299 g/mol. The largest absolute Gasteiger partial charge is 0.465 e. The first-order valence-corrected chi connectivity index (χ1v) is 7.26. The molecule has 1 fully saturated rings. The monoisotopic (exact) mass is 298 g/mol. The van der Waals surface area contributed by atoms with Gasteiger partial charge in [-0.25, -0.2) is 0 Å². The summed E-state index contributed by atoms with van der Waals surface area (Å²) in [7, 11) is 0. The fourth-order valence-corrected chi connectivity index (χ4v) is 2.33. The zero-order valence-electron chi connectivity index (χ0n) is 11.8. The molecule has 5 nitrogen and oxygen atoms in total. The topological polar surface area (TPSA) is 51.5 Å². The molecule has 0 unspecified atom stereocenters. The van der Waals surface area contributed by atoms with Crippen LogP contribution in [0.3, 0.4) is 0 Å². The Kier molecular flexibility index (Phi) is 4.70. The first kappa shape index (κ1) is 14.9. The summed E-state index contributed by atoms with van der Waals surface area (Å²) < 4.78 is 6.80. The summed E-state index contributed by atoms with van der Waals surface area (Å²) in [5.74, 6) is -0.572. The van der Waals surface area contributed by atoms with E-state index in [1.165, 1.54) is 4.90 Å². The maximum Gasteiger partial charge on any atom is 0.325 e. The zero-order valence-corrected chi connectivity index (χ0v) is 12.5. The van der Waals surface area contributed by atoms with Crippen molar-refractivity contribution in [1.29, 1.82) is 0 Å². The second kappa shape index (κ2) is 6.31. The molecule has 1 aromatic heterocycles. The number of hydrogen-bond acceptors (Lipinski definition) is 3. The number of carbonyl (C=O) groups excluding carboxylic acids is 2. The lowest BCUT2D eigenvalue weighted by Crippen LogP contribution is -2.37. The molecule has 0 bridgehead atoms. The van der Waals surface area contributed by atoms with Gasteiger partial charge in [-0.2, -0.15) is 0 Å². The van der Waals surface area contributed by atoms with Gasteiger partial charge >= 0.3 is 5.97 Å². The minimum Gasteiger partial charge on any atom is -0.465 e. The Bertz CT molecular complexity index is 509. The maximum absolute atomic E-state index is 12.5. The van der Waals surface area contributed by atoms with E-state index in [0.717, 1.165) is 12.8 Å². The number of hydrogen-bond donors (Lipinski definition) is 0. The average Bonchev–Trinajstić information content (AvgIpc) is 3.18. The van der Waals surface area contributed by atoms with Crippen LogP contribution in [0.5, 0.6) is 0 Å². The van der Waals surface area contributed by atoms with Crippen molar-refractivity contribution in [2.45, 2.75) is 32.7 Å². The Morgan fingerprint density at radius 3 is 2.70 bits per heavy atom. The molecule has 1 aliphatic carbocycles. The molecule has 0 radical (unpaired) electrons. The van der Waals surface area contributed by atoms with Gasteiger partial charge < -0.3 is 14.2 Å². The van der Waals surface area contributed by atoms with Crippen LogP contribution in [0, 0.1) is 0 Å². The van der Waals surface area contributed by atoms with E-state index in [4.69, 9.17) is 16.3 Å². The molecule has 0 N–H and O–H groups in total. The number of ether oxygens (including phenoxy) is 1. The fourth-order valence-electron chi connectivity index (χ4n) is 2.12. The van der Waals surface area contributed by atoms with E-state index in [9.17, 15) is 9.59 Å². The van der Waals surface area contributed by atoms with Crippen LogP contribution in [0.2, 0.25) is 5.02 Å². The second-order valence-electron chi connectivity index (χ2n) is 4.81. The third-order valence-electron chi connectivity index (χ3n) is 3.27. The van der Waals surface area contributed by atoms with Crippen molar-refractivity contribution in [1.82, 2.24) is 9.47 Å². The lowest BCUT2D eigenvalue weighted by atomic mass is 10.3. The van der Waals surface area contributed by atoms with Gasteiger partial charge in [-0.3, -0.25) is 9.59 Å². The summed E-state index contributed by atoms with van der Waals surface area (Å²) in [6.07, 6.45) is 3.91. The van der Waals surface area contributed by atoms with E-state index in [-0.39, 0.29) is 12.5 Å². The second-order valence-corrected chi connectivity index (χ2v) is 5.24. The quantitative estimate of drug-likeness (QED) is 0.758. The zero-order chi connectivity index (χ0) is 14.7. The van der Waals surface area contributed by atoms with Crippen LogP contribution >= 0.6 is 11.6 Å². The van der Waals surface area contributed by atoms with Gasteiger partial charge in [0.2, 0.25) is 0 Å². The van der Waals surface area contributed by atoms with Gasteiger partial charge in [0.05, 0.1) is 11.6 Å². The summed E-state index contributed by atoms with van der Waals surface area (Å²) in [6, 6.07) is 2.03.